The molecule has 2 unspecified atom stereocenters. The molecule has 4 atom stereocenters. The summed E-state index contributed by atoms with van der Waals surface area (Å²) < 4.78 is 0. The Balaban J connectivity index is 1.62. The molecule has 1 aliphatic carbocycles. The van der Waals surface area contributed by atoms with Crippen molar-refractivity contribution in [2.75, 3.05) is 33.7 Å². The van der Waals surface area contributed by atoms with Crippen molar-refractivity contribution in [3.8, 4) is 0 Å². The number of Topliss-reactive ketones (excluding diaryl/α,β-unsaturated/α-hetero) is 1. The summed E-state index contributed by atoms with van der Waals surface area (Å²) in [5.74, 6) is -2.66. The first-order chi connectivity index (χ1) is 22.9. The molecule has 4 N–H and O–H groups in total. The molecular weight excluding hydrogens is 612 g/mol. The van der Waals surface area contributed by atoms with E-state index in [1.165, 1.54) is 11.3 Å². The fourth-order valence-corrected chi connectivity index (χ4v) is 6.57. The third kappa shape index (κ3) is 11.1. The third-order valence-corrected chi connectivity index (χ3v) is 9.28. The SMILES string of the molecule is CCCC(NC(=O)C1CCCN1C(=O)[C@@H](NCCC(C)C)C1CCCCC1)C(=O)C(=O)NCC(=O)N[C@H](C(=O)N(C)C)c1ccccc1. The number of likely N-dealkylation sites (tertiary alicyclic amines) is 1. The Labute approximate surface area is 285 Å². The van der Waals surface area contributed by atoms with Crippen molar-refractivity contribution >= 4 is 35.3 Å². The first-order valence-electron chi connectivity index (χ1n) is 17.7. The number of hydrogen-bond acceptors (Lipinski definition) is 7. The van der Waals surface area contributed by atoms with E-state index < -0.39 is 48.2 Å². The van der Waals surface area contributed by atoms with Crippen LogP contribution in [0.15, 0.2) is 30.3 Å². The van der Waals surface area contributed by atoms with Gasteiger partial charge in [-0.1, -0.05) is 76.8 Å². The standard InChI is InChI=1S/C36H56N6O6/c1-6-14-27(32(44)34(46)38-23-29(43)40-31(35(47)41(4)5)26-17-11-8-12-18-26)39-33(45)28-19-13-22-42(28)36(48)30(37-21-20-24(2)3)25-15-9-7-10-16-25/h8,11-12,17-18,24-25,27-28,30-31,37H,6-7,9-10,13-16,19-23H2,1-5H3,(H,38,46)(H,39,45)(H,40,43)/t27?,28?,30-,31-/m0/s1. The highest BCUT2D eigenvalue weighted by molar-refractivity contribution is 6.38. The van der Waals surface area contributed by atoms with Crippen LogP contribution in [0.1, 0.15) is 96.6 Å². The van der Waals surface area contributed by atoms with Crippen molar-refractivity contribution in [1.82, 2.24) is 31.1 Å². The molecule has 1 heterocycles. The number of nitrogens with zero attached hydrogens (tertiary/aromatic N) is 2. The fraction of sp³-hybridized carbons (Fsp3) is 0.667. The van der Waals surface area contributed by atoms with Gasteiger partial charge in [-0.25, -0.2) is 0 Å². The van der Waals surface area contributed by atoms with Gasteiger partial charge in [0.1, 0.15) is 12.1 Å². The molecule has 1 saturated heterocycles. The second kappa shape index (κ2) is 19.3. The van der Waals surface area contributed by atoms with E-state index in [2.05, 4.69) is 35.1 Å². The molecule has 12 nitrogen and oxygen atoms in total. The molecule has 0 radical (unpaired) electrons. The Kier molecular flexibility index (Phi) is 15.5. The fourth-order valence-electron chi connectivity index (χ4n) is 6.57. The summed E-state index contributed by atoms with van der Waals surface area (Å²) in [5.41, 5.74) is 0.577. The molecule has 0 bridgehead atoms. The molecule has 5 amide bonds. The van der Waals surface area contributed by atoms with Crippen molar-refractivity contribution < 1.29 is 28.8 Å². The van der Waals surface area contributed by atoms with E-state index in [0.29, 0.717) is 37.3 Å². The Hall–Kier alpha value is -3.80. The molecule has 12 heteroatoms. The van der Waals surface area contributed by atoms with Gasteiger partial charge in [-0.15, -0.1) is 0 Å². The Bertz CT molecular complexity index is 1250. The van der Waals surface area contributed by atoms with Gasteiger partial charge < -0.3 is 31.1 Å². The van der Waals surface area contributed by atoms with E-state index >= 15 is 0 Å². The first kappa shape index (κ1) is 38.6. The Morgan fingerprint density at radius 1 is 0.896 bits per heavy atom. The van der Waals surface area contributed by atoms with Gasteiger partial charge in [0, 0.05) is 20.6 Å². The molecule has 0 aromatic heterocycles. The quantitative estimate of drug-likeness (QED) is 0.186. The van der Waals surface area contributed by atoms with Gasteiger partial charge in [0.25, 0.3) is 5.91 Å². The number of amides is 5. The minimum atomic E-state index is -1.10. The third-order valence-electron chi connectivity index (χ3n) is 9.28. The molecule has 3 rings (SSSR count). The minimum absolute atomic E-state index is 0.0630. The minimum Gasteiger partial charge on any atom is -0.347 e. The van der Waals surface area contributed by atoms with Crippen molar-refractivity contribution in [2.24, 2.45) is 11.8 Å². The molecule has 1 aromatic rings. The van der Waals surface area contributed by atoms with Gasteiger partial charge in [-0.2, -0.15) is 0 Å². The lowest BCUT2D eigenvalue weighted by Gasteiger charge is -2.35. The van der Waals surface area contributed by atoms with Crippen LogP contribution >= 0.6 is 0 Å². The monoisotopic (exact) mass is 668 g/mol. The lowest BCUT2D eigenvalue weighted by molar-refractivity contribution is -0.143. The number of nitrogens with one attached hydrogen (secondary N) is 4. The average molecular weight is 669 g/mol. The van der Waals surface area contributed by atoms with E-state index in [9.17, 15) is 28.8 Å². The molecule has 1 aliphatic heterocycles. The maximum Gasteiger partial charge on any atom is 0.290 e. The van der Waals surface area contributed by atoms with Gasteiger partial charge in [-0.05, 0) is 62.5 Å². The van der Waals surface area contributed by atoms with Gasteiger partial charge in [0.2, 0.25) is 29.4 Å². The van der Waals surface area contributed by atoms with Crippen LogP contribution in [0.2, 0.25) is 0 Å². The van der Waals surface area contributed by atoms with Gasteiger partial charge in [0.15, 0.2) is 0 Å². The molecule has 1 saturated carbocycles. The Morgan fingerprint density at radius 3 is 2.21 bits per heavy atom. The van der Waals surface area contributed by atoms with Crippen molar-refractivity contribution in [1.29, 1.82) is 0 Å². The molecule has 0 spiro atoms. The van der Waals surface area contributed by atoms with Crippen molar-refractivity contribution in [3.63, 3.8) is 0 Å². The number of likely N-dealkylation sites (N-methyl/N-ethyl adjacent to an activating group) is 1. The van der Waals surface area contributed by atoms with Crippen LogP contribution in [-0.4, -0.2) is 97.0 Å². The highest BCUT2D eigenvalue weighted by Gasteiger charge is 2.41. The van der Waals surface area contributed by atoms with Gasteiger partial charge >= 0.3 is 0 Å². The van der Waals surface area contributed by atoms with Crippen LogP contribution in [0.25, 0.3) is 0 Å². The highest BCUT2D eigenvalue weighted by Crippen LogP contribution is 2.29. The smallest absolute Gasteiger partial charge is 0.290 e. The maximum absolute atomic E-state index is 14.0. The van der Waals surface area contributed by atoms with E-state index in [1.54, 1.807) is 49.3 Å². The molecule has 2 fully saturated rings. The number of benzene rings is 1. The predicted molar refractivity (Wildman–Crippen MR) is 183 cm³/mol. The maximum atomic E-state index is 14.0. The molecule has 2 aliphatic rings. The summed E-state index contributed by atoms with van der Waals surface area (Å²) in [7, 11) is 3.15. The van der Waals surface area contributed by atoms with E-state index in [-0.39, 0.29) is 30.2 Å². The molecular formula is C36H56N6O6. The predicted octanol–water partition coefficient (Wildman–Crippen LogP) is 2.48. The van der Waals surface area contributed by atoms with E-state index in [1.807, 2.05) is 6.92 Å². The lowest BCUT2D eigenvalue weighted by atomic mass is 9.83. The number of carbonyl (C=O) groups is 6. The summed E-state index contributed by atoms with van der Waals surface area (Å²) in [6.07, 6.45) is 8.17. The summed E-state index contributed by atoms with van der Waals surface area (Å²) in [6.45, 7) is 6.81. The van der Waals surface area contributed by atoms with Gasteiger partial charge in [0.05, 0.1) is 18.6 Å². The largest absolute Gasteiger partial charge is 0.347 e. The van der Waals surface area contributed by atoms with Crippen LogP contribution in [0.3, 0.4) is 0 Å². The van der Waals surface area contributed by atoms with Crippen molar-refractivity contribution in [2.45, 2.75) is 109 Å². The van der Waals surface area contributed by atoms with Crippen molar-refractivity contribution in [3.05, 3.63) is 35.9 Å². The van der Waals surface area contributed by atoms with Crippen LogP contribution in [-0.2, 0) is 28.8 Å². The van der Waals surface area contributed by atoms with E-state index in [0.717, 1.165) is 38.6 Å². The normalized spacial score (nSPS) is 18.5. The first-order valence-corrected chi connectivity index (χ1v) is 17.7. The number of carbonyl (C=O) groups excluding carboxylic acids is 6. The summed E-state index contributed by atoms with van der Waals surface area (Å²) in [5, 5.41) is 11.3. The average Bonchev–Trinajstić information content (AvgIpc) is 3.58. The highest BCUT2D eigenvalue weighted by atomic mass is 16.2. The van der Waals surface area contributed by atoms with Crippen LogP contribution < -0.4 is 21.3 Å². The zero-order chi connectivity index (χ0) is 35.2. The summed E-state index contributed by atoms with van der Waals surface area (Å²) in [6, 6.07) is 5.58. The number of ketones is 1. The van der Waals surface area contributed by atoms with Crippen LogP contribution in [0.4, 0.5) is 0 Å². The lowest BCUT2D eigenvalue weighted by Crippen LogP contribution is -2.57. The van der Waals surface area contributed by atoms with Crippen LogP contribution in [0.5, 0.6) is 0 Å². The van der Waals surface area contributed by atoms with Crippen LogP contribution in [0, 0.1) is 11.8 Å². The van der Waals surface area contributed by atoms with E-state index in [4.69, 9.17) is 0 Å². The number of rotatable bonds is 17. The zero-order valence-electron chi connectivity index (χ0n) is 29.4. The zero-order valence-corrected chi connectivity index (χ0v) is 29.4. The van der Waals surface area contributed by atoms with Gasteiger partial charge in [-0.3, -0.25) is 28.8 Å². The molecule has 48 heavy (non-hydrogen) atoms. The topological polar surface area (TPSA) is 157 Å². The summed E-state index contributed by atoms with van der Waals surface area (Å²) >= 11 is 0. The summed E-state index contributed by atoms with van der Waals surface area (Å²) in [4.78, 5) is 82.3. The Morgan fingerprint density at radius 2 is 1.58 bits per heavy atom. The number of hydrogen-bond donors (Lipinski definition) is 4. The molecule has 1 aromatic carbocycles. The molecule has 266 valence electrons. The second-order valence-electron chi connectivity index (χ2n) is 13.7. The second-order valence-corrected chi connectivity index (χ2v) is 13.7.